The molecular formula is C43H60N8O4. The molecule has 3 N–H and O–H groups in total. The number of fused-ring (bicyclic) bond motifs is 1. The molecule has 0 atom stereocenters. The van der Waals surface area contributed by atoms with E-state index in [2.05, 4.69) is 61.4 Å². The zero-order valence-electron chi connectivity index (χ0n) is 33.2. The number of piperazine rings is 1. The maximum atomic E-state index is 12.8. The average Bonchev–Trinajstić information content (AvgIpc) is 3.19. The SMILES string of the molecule is COc1cc2ncnc(NCc3cccc(NC(=O)Nc4ccc(C(C)(C)C)cc4)c3)c2cc1OCCCCCCN1CCN(CCN2CCOCC2)CC1. The zero-order valence-corrected chi connectivity index (χ0v) is 33.2. The minimum atomic E-state index is -0.295. The van der Waals surface area contributed by atoms with Crippen LogP contribution in [0.5, 0.6) is 11.5 Å². The minimum Gasteiger partial charge on any atom is -0.493 e. The number of ether oxygens (including phenoxy) is 3. The van der Waals surface area contributed by atoms with Gasteiger partial charge in [0, 0.05) is 81.7 Å². The number of hydrogen-bond acceptors (Lipinski definition) is 10. The molecule has 3 heterocycles. The predicted octanol–water partition coefficient (Wildman–Crippen LogP) is 7.08. The van der Waals surface area contributed by atoms with Crippen LogP contribution in [0.3, 0.4) is 0 Å². The summed E-state index contributed by atoms with van der Waals surface area (Å²) in [5, 5.41) is 10.2. The molecular weight excluding hydrogens is 693 g/mol. The molecule has 12 heteroatoms. The van der Waals surface area contributed by atoms with Gasteiger partial charge in [-0.15, -0.1) is 0 Å². The van der Waals surface area contributed by atoms with Gasteiger partial charge in [0.05, 0.1) is 32.4 Å². The van der Waals surface area contributed by atoms with E-state index in [-0.39, 0.29) is 11.4 Å². The van der Waals surface area contributed by atoms with E-state index in [1.807, 2.05) is 60.7 Å². The highest BCUT2D eigenvalue weighted by Crippen LogP contribution is 2.34. The number of nitrogens with one attached hydrogen (secondary N) is 3. The van der Waals surface area contributed by atoms with E-state index in [1.165, 1.54) is 57.7 Å². The molecule has 0 radical (unpaired) electrons. The Labute approximate surface area is 326 Å². The van der Waals surface area contributed by atoms with Crippen LogP contribution in [0.25, 0.3) is 10.9 Å². The lowest BCUT2D eigenvalue weighted by Gasteiger charge is -2.36. The maximum Gasteiger partial charge on any atom is 0.323 e. The van der Waals surface area contributed by atoms with Gasteiger partial charge in [-0.05, 0) is 66.3 Å². The number of carbonyl (C=O) groups is 1. The highest BCUT2D eigenvalue weighted by Gasteiger charge is 2.19. The molecule has 0 spiro atoms. The Morgan fingerprint density at radius 1 is 0.764 bits per heavy atom. The summed E-state index contributed by atoms with van der Waals surface area (Å²) >= 11 is 0. The van der Waals surface area contributed by atoms with Gasteiger partial charge in [-0.25, -0.2) is 14.8 Å². The van der Waals surface area contributed by atoms with E-state index in [9.17, 15) is 4.79 Å². The van der Waals surface area contributed by atoms with E-state index in [4.69, 9.17) is 14.2 Å². The van der Waals surface area contributed by atoms with Crippen LogP contribution in [0.15, 0.2) is 67.0 Å². The van der Waals surface area contributed by atoms with Crippen molar-refractivity contribution in [1.82, 2.24) is 24.7 Å². The Hall–Kier alpha value is -4.49. The van der Waals surface area contributed by atoms with Gasteiger partial charge in [0.2, 0.25) is 0 Å². The first-order valence-corrected chi connectivity index (χ1v) is 20.0. The third-order valence-electron chi connectivity index (χ3n) is 10.5. The molecule has 12 nitrogen and oxygen atoms in total. The Kier molecular flexibility index (Phi) is 14.5. The van der Waals surface area contributed by atoms with Crippen LogP contribution in [0.2, 0.25) is 0 Å². The van der Waals surface area contributed by atoms with Gasteiger partial charge in [0.1, 0.15) is 12.1 Å². The molecule has 0 saturated carbocycles. The maximum absolute atomic E-state index is 12.8. The van der Waals surface area contributed by atoms with Gasteiger partial charge in [-0.1, -0.05) is 57.9 Å². The van der Waals surface area contributed by atoms with Crippen molar-refractivity contribution < 1.29 is 19.0 Å². The van der Waals surface area contributed by atoms with Crippen LogP contribution in [0.1, 0.15) is 57.6 Å². The van der Waals surface area contributed by atoms with Crippen molar-refractivity contribution in [1.29, 1.82) is 0 Å². The average molecular weight is 753 g/mol. The van der Waals surface area contributed by atoms with Gasteiger partial charge >= 0.3 is 6.03 Å². The number of anilines is 3. The first-order chi connectivity index (χ1) is 26.7. The van der Waals surface area contributed by atoms with Gasteiger partial charge in [-0.2, -0.15) is 0 Å². The number of nitrogens with zero attached hydrogens (tertiary/aromatic N) is 5. The quantitative estimate of drug-likeness (QED) is 0.0967. The Bertz CT molecular complexity index is 1800. The van der Waals surface area contributed by atoms with Gasteiger partial charge in [0.15, 0.2) is 11.5 Å². The molecule has 2 saturated heterocycles. The van der Waals surface area contributed by atoms with Crippen molar-refractivity contribution in [3.63, 3.8) is 0 Å². The molecule has 1 aromatic heterocycles. The molecule has 4 aromatic rings. The molecule has 0 bridgehead atoms. The number of aromatic nitrogens is 2. The van der Waals surface area contributed by atoms with Crippen molar-refractivity contribution in [2.75, 3.05) is 102 Å². The third-order valence-corrected chi connectivity index (χ3v) is 10.5. The van der Waals surface area contributed by atoms with E-state index in [1.54, 1.807) is 13.4 Å². The predicted molar refractivity (Wildman–Crippen MR) is 222 cm³/mol. The fourth-order valence-corrected chi connectivity index (χ4v) is 7.09. The fraction of sp³-hybridized carbons (Fsp3) is 0.512. The summed E-state index contributed by atoms with van der Waals surface area (Å²) in [5.41, 5.74) is 4.46. The Morgan fingerprint density at radius 2 is 1.45 bits per heavy atom. The number of methoxy groups -OCH3 is 1. The standard InChI is InChI=1S/C43H60N8O4/c1-43(2,3)34-12-14-35(15-13-34)47-42(52)48-36-11-9-10-33(28-36)31-44-41-37-29-40(39(53-4)30-38(37)45-32-46-41)55-25-8-6-5-7-16-49-17-19-50(20-18-49)21-22-51-23-26-54-27-24-51/h9-15,28-30,32H,5-8,16-27,31H2,1-4H3,(H,44,45,46)(H2,47,48,52). The number of benzene rings is 3. The second kappa shape index (κ2) is 19.9. The molecule has 2 aliphatic rings. The first kappa shape index (κ1) is 40.2. The van der Waals surface area contributed by atoms with Crippen LogP contribution in [-0.2, 0) is 16.7 Å². The molecule has 296 valence electrons. The second-order valence-corrected chi connectivity index (χ2v) is 15.6. The smallest absolute Gasteiger partial charge is 0.323 e. The third kappa shape index (κ3) is 12.3. The lowest BCUT2D eigenvalue weighted by molar-refractivity contribution is 0.0299. The van der Waals surface area contributed by atoms with E-state index < -0.39 is 0 Å². The highest BCUT2D eigenvalue weighted by atomic mass is 16.5. The molecule has 2 amide bonds. The van der Waals surface area contributed by atoms with Crippen LogP contribution >= 0.6 is 0 Å². The summed E-state index contributed by atoms with van der Waals surface area (Å²) in [5.74, 6) is 2.04. The fourth-order valence-electron chi connectivity index (χ4n) is 7.09. The first-order valence-electron chi connectivity index (χ1n) is 20.0. The number of amides is 2. The molecule has 0 aliphatic carbocycles. The zero-order chi connectivity index (χ0) is 38.5. The van der Waals surface area contributed by atoms with E-state index >= 15 is 0 Å². The lowest BCUT2D eigenvalue weighted by atomic mass is 9.87. The number of unbranched alkanes of at least 4 members (excludes halogenated alkanes) is 3. The summed E-state index contributed by atoms with van der Waals surface area (Å²) in [6.07, 6.45) is 6.08. The largest absolute Gasteiger partial charge is 0.493 e. The summed E-state index contributed by atoms with van der Waals surface area (Å²) in [4.78, 5) is 29.6. The van der Waals surface area contributed by atoms with Gasteiger partial charge < -0.3 is 35.1 Å². The topological polar surface area (TPSA) is 116 Å². The highest BCUT2D eigenvalue weighted by molar-refractivity contribution is 5.99. The molecule has 2 fully saturated rings. The Balaban J connectivity index is 0.924. The van der Waals surface area contributed by atoms with Crippen LogP contribution in [0, 0.1) is 0 Å². The number of morpholine rings is 1. The van der Waals surface area contributed by atoms with Crippen molar-refractivity contribution in [3.8, 4) is 11.5 Å². The molecule has 55 heavy (non-hydrogen) atoms. The molecule has 3 aromatic carbocycles. The van der Waals surface area contributed by atoms with Crippen molar-refractivity contribution in [2.45, 2.75) is 58.4 Å². The van der Waals surface area contributed by atoms with Crippen molar-refractivity contribution in [3.05, 3.63) is 78.1 Å². The molecule has 6 rings (SSSR count). The summed E-state index contributed by atoms with van der Waals surface area (Å²) in [7, 11) is 1.66. The summed E-state index contributed by atoms with van der Waals surface area (Å²) in [6.45, 7) is 19.7. The minimum absolute atomic E-state index is 0.0527. The number of urea groups is 1. The van der Waals surface area contributed by atoms with Crippen LogP contribution in [0.4, 0.5) is 22.0 Å². The normalized spacial score (nSPS) is 15.9. The molecule has 0 unspecified atom stereocenters. The van der Waals surface area contributed by atoms with E-state index in [0.717, 1.165) is 67.8 Å². The van der Waals surface area contributed by atoms with Crippen LogP contribution < -0.4 is 25.4 Å². The van der Waals surface area contributed by atoms with Crippen molar-refractivity contribution >= 4 is 34.1 Å². The number of rotatable bonds is 17. The van der Waals surface area contributed by atoms with Gasteiger partial charge in [-0.3, -0.25) is 9.80 Å². The van der Waals surface area contributed by atoms with Gasteiger partial charge in [0.25, 0.3) is 0 Å². The monoisotopic (exact) mass is 752 g/mol. The Morgan fingerprint density at radius 3 is 2.18 bits per heavy atom. The lowest BCUT2D eigenvalue weighted by Crippen LogP contribution is -2.49. The van der Waals surface area contributed by atoms with Crippen molar-refractivity contribution in [2.24, 2.45) is 0 Å². The second-order valence-electron chi connectivity index (χ2n) is 15.6. The number of hydrogen-bond donors (Lipinski definition) is 3. The molecule has 2 aliphatic heterocycles. The van der Waals surface area contributed by atoms with E-state index in [0.29, 0.717) is 36.2 Å². The summed E-state index contributed by atoms with van der Waals surface area (Å²) in [6, 6.07) is 19.3. The van der Waals surface area contributed by atoms with Crippen LogP contribution in [-0.4, -0.2) is 117 Å². The number of carbonyl (C=O) groups excluding carboxylic acids is 1. The summed E-state index contributed by atoms with van der Waals surface area (Å²) < 4.78 is 17.4.